The van der Waals surface area contributed by atoms with Gasteiger partial charge in [-0.1, -0.05) is 41.9 Å². The van der Waals surface area contributed by atoms with Crippen molar-refractivity contribution in [2.45, 2.75) is 10.8 Å². The average Bonchev–Trinajstić information content (AvgIpc) is 3.17. The van der Waals surface area contributed by atoms with Gasteiger partial charge in [0.15, 0.2) is 0 Å². The number of benzene rings is 2. The molecule has 26 heavy (non-hydrogen) atoms. The van der Waals surface area contributed by atoms with Crippen molar-refractivity contribution in [3.63, 3.8) is 0 Å². The molecule has 0 bridgehead atoms. The predicted molar refractivity (Wildman–Crippen MR) is 104 cm³/mol. The molecule has 3 aromatic rings. The van der Waals surface area contributed by atoms with Gasteiger partial charge in [0.2, 0.25) is 0 Å². The number of thiophene rings is 1. The molecule has 0 saturated carbocycles. The summed E-state index contributed by atoms with van der Waals surface area (Å²) < 4.78 is 29.9. The van der Waals surface area contributed by atoms with Gasteiger partial charge in [-0.3, -0.25) is 0 Å². The van der Waals surface area contributed by atoms with E-state index in [4.69, 9.17) is 16.3 Å². The highest BCUT2D eigenvalue weighted by atomic mass is 35.5. The van der Waals surface area contributed by atoms with Crippen LogP contribution in [0.4, 0.5) is 0 Å². The van der Waals surface area contributed by atoms with E-state index >= 15 is 0 Å². The molecule has 0 aliphatic carbocycles. The second kappa shape index (κ2) is 8.35. The number of hydrogen-bond acceptors (Lipinski definition) is 5. The van der Waals surface area contributed by atoms with E-state index in [1.807, 2.05) is 36.4 Å². The fraction of sp³-hybridized carbons (Fsp3) is 0.0556. The van der Waals surface area contributed by atoms with Gasteiger partial charge in [0, 0.05) is 5.02 Å². The Morgan fingerprint density at radius 3 is 2.65 bits per heavy atom. The van der Waals surface area contributed by atoms with Crippen molar-refractivity contribution in [2.75, 3.05) is 0 Å². The molecule has 0 aliphatic rings. The van der Waals surface area contributed by atoms with Crippen LogP contribution in [-0.4, -0.2) is 14.6 Å². The molecule has 2 aromatic carbocycles. The second-order valence-corrected chi connectivity index (χ2v) is 8.54. The van der Waals surface area contributed by atoms with Crippen molar-refractivity contribution in [3.8, 4) is 5.75 Å². The number of hydrogen-bond donors (Lipinski definition) is 1. The Balaban J connectivity index is 1.61. The van der Waals surface area contributed by atoms with Crippen LogP contribution in [0.1, 0.15) is 11.1 Å². The van der Waals surface area contributed by atoms with Gasteiger partial charge in [-0.15, -0.1) is 11.3 Å². The SMILES string of the molecule is O=S(=O)(N/N=C/c1cccc(OCc2ccc(Cl)cc2)c1)c1cccs1. The number of halogens is 1. The van der Waals surface area contributed by atoms with Crippen molar-refractivity contribution in [3.05, 3.63) is 82.2 Å². The number of ether oxygens (including phenoxy) is 1. The van der Waals surface area contributed by atoms with Gasteiger partial charge in [-0.25, -0.2) is 0 Å². The quantitative estimate of drug-likeness (QED) is 0.470. The van der Waals surface area contributed by atoms with Crippen LogP contribution in [0.3, 0.4) is 0 Å². The maximum Gasteiger partial charge on any atom is 0.286 e. The number of sulfonamides is 1. The topological polar surface area (TPSA) is 67.8 Å². The highest BCUT2D eigenvalue weighted by Crippen LogP contribution is 2.17. The summed E-state index contributed by atoms with van der Waals surface area (Å²) in [6.07, 6.45) is 1.43. The molecule has 0 spiro atoms. The Hall–Kier alpha value is -2.35. The maximum atomic E-state index is 12.0. The van der Waals surface area contributed by atoms with Gasteiger partial charge in [0.25, 0.3) is 10.0 Å². The van der Waals surface area contributed by atoms with E-state index in [2.05, 4.69) is 9.93 Å². The van der Waals surface area contributed by atoms with Gasteiger partial charge < -0.3 is 4.74 Å². The molecule has 1 N–H and O–H groups in total. The summed E-state index contributed by atoms with van der Waals surface area (Å²) in [5.41, 5.74) is 1.71. The molecule has 1 heterocycles. The average molecular weight is 407 g/mol. The lowest BCUT2D eigenvalue weighted by Gasteiger charge is -2.07. The summed E-state index contributed by atoms with van der Waals surface area (Å²) in [5.74, 6) is 0.657. The second-order valence-electron chi connectivity index (χ2n) is 5.27. The lowest BCUT2D eigenvalue weighted by atomic mass is 10.2. The summed E-state index contributed by atoms with van der Waals surface area (Å²) in [6.45, 7) is 0.406. The maximum absolute atomic E-state index is 12.0. The van der Waals surface area contributed by atoms with E-state index < -0.39 is 10.0 Å². The minimum atomic E-state index is -3.62. The van der Waals surface area contributed by atoms with Crippen LogP contribution in [-0.2, 0) is 16.6 Å². The van der Waals surface area contributed by atoms with Crippen molar-refractivity contribution in [1.82, 2.24) is 4.83 Å². The van der Waals surface area contributed by atoms with Crippen LogP contribution in [0, 0.1) is 0 Å². The van der Waals surface area contributed by atoms with Gasteiger partial charge in [-0.2, -0.15) is 18.4 Å². The molecule has 3 rings (SSSR count). The number of rotatable bonds is 7. The summed E-state index contributed by atoms with van der Waals surface area (Å²) in [5, 5.41) is 6.18. The molecule has 5 nitrogen and oxygen atoms in total. The fourth-order valence-electron chi connectivity index (χ4n) is 2.06. The molecular weight excluding hydrogens is 392 g/mol. The molecule has 0 atom stereocenters. The Bertz CT molecular complexity index is 986. The van der Waals surface area contributed by atoms with E-state index in [9.17, 15) is 8.42 Å². The van der Waals surface area contributed by atoms with Crippen molar-refractivity contribution in [2.24, 2.45) is 5.10 Å². The highest BCUT2D eigenvalue weighted by Gasteiger charge is 2.12. The van der Waals surface area contributed by atoms with Crippen LogP contribution in [0.5, 0.6) is 5.75 Å². The normalized spacial score (nSPS) is 11.6. The van der Waals surface area contributed by atoms with Crippen LogP contribution in [0.2, 0.25) is 5.02 Å². The molecule has 0 aliphatic heterocycles. The summed E-state index contributed by atoms with van der Waals surface area (Å²) in [4.78, 5) is 2.19. The zero-order valence-corrected chi connectivity index (χ0v) is 15.9. The number of nitrogens with one attached hydrogen (secondary N) is 1. The van der Waals surface area contributed by atoms with E-state index in [-0.39, 0.29) is 4.21 Å². The third-order valence-corrected chi connectivity index (χ3v) is 6.20. The molecule has 8 heteroatoms. The Labute approximate surface area is 161 Å². The largest absolute Gasteiger partial charge is 0.489 e. The molecule has 0 fully saturated rings. The minimum absolute atomic E-state index is 0.217. The van der Waals surface area contributed by atoms with Crippen molar-refractivity contribution in [1.29, 1.82) is 0 Å². The molecule has 0 saturated heterocycles. The van der Waals surface area contributed by atoms with Gasteiger partial charge in [0.05, 0.1) is 6.21 Å². The van der Waals surface area contributed by atoms with Gasteiger partial charge >= 0.3 is 0 Å². The molecule has 0 amide bonds. The molecule has 0 unspecified atom stereocenters. The van der Waals surface area contributed by atoms with Crippen LogP contribution in [0.15, 0.2) is 75.4 Å². The molecule has 0 radical (unpaired) electrons. The molecular formula is C18H15ClN2O3S2. The van der Waals surface area contributed by atoms with Gasteiger partial charge in [-0.05, 0) is 46.8 Å². The first-order chi connectivity index (χ1) is 12.5. The predicted octanol–water partition coefficient (Wildman–Crippen LogP) is 4.29. The fourth-order valence-corrected chi connectivity index (χ4v) is 3.96. The molecule has 134 valence electrons. The van der Waals surface area contributed by atoms with E-state index in [0.29, 0.717) is 22.9 Å². The first kappa shape index (κ1) is 18.4. The van der Waals surface area contributed by atoms with E-state index in [1.165, 1.54) is 12.3 Å². The standard InChI is InChI=1S/C18H15ClN2O3S2/c19-16-8-6-14(7-9-16)13-24-17-4-1-3-15(11-17)12-20-21-26(22,23)18-5-2-10-25-18/h1-12,21H,13H2/b20-12+. The first-order valence-electron chi connectivity index (χ1n) is 7.59. The zero-order valence-electron chi connectivity index (χ0n) is 13.5. The minimum Gasteiger partial charge on any atom is -0.489 e. The van der Waals surface area contributed by atoms with Crippen molar-refractivity contribution < 1.29 is 13.2 Å². The van der Waals surface area contributed by atoms with Crippen molar-refractivity contribution >= 4 is 39.2 Å². The summed E-state index contributed by atoms with van der Waals surface area (Å²) in [6, 6.07) is 17.8. The molecule has 1 aromatic heterocycles. The Morgan fingerprint density at radius 1 is 1.12 bits per heavy atom. The van der Waals surface area contributed by atoms with E-state index in [1.54, 1.807) is 23.6 Å². The number of hydrazone groups is 1. The highest BCUT2D eigenvalue weighted by molar-refractivity contribution is 7.91. The summed E-state index contributed by atoms with van der Waals surface area (Å²) in [7, 11) is -3.62. The van der Waals surface area contributed by atoms with E-state index in [0.717, 1.165) is 16.9 Å². The third kappa shape index (κ3) is 5.08. The van der Waals surface area contributed by atoms with Gasteiger partial charge in [0.1, 0.15) is 16.6 Å². The third-order valence-electron chi connectivity index (χ3n) is 3.32. The van der Waals surface area contributed by atoms with Crippen LogP contribution >= 0.6 is 22.9 Å². The Morgan fingerprint density at radius 2 is 1.92 bits per heavy atom. The lowest BCUT2D eigenvalue weighted by Crippen LogP contribution is -2.17. The number of nitrogens with zero attached hydrogens (tertiary/aromatic N) is 1. The monoisotopic (exact) mass is 406 g/mol. The first-order valence-corrected chi connectivity index (χ1v) is 10.3. The summed E-state index contributed by atoms with van der Waals surface area (Å²) >= 11 is 6.99. The van der Waals surface area contributed by atoms with Crippen LogP contribution in [0.25, 0.3) is 0 Å². The smallest absolute Gasteiger partial charge is 0.286 e. The Kier molecular flexibility index (Phi) is 5.92. The van der Waals surface area contributed by atoms with Crippen LogP contribution < -0.4 is 9.57 Å². The zero-order chi connectivity index (χ0) is 18.4. The lowest BCUT2D eigenvalue weighted by molar-refractivity contribution is 0.306.